The first kappa shape index (κ1) is 17.3. The van der Waals surface area contributed by atoms with E-state index in [1.165, 1.54) is 18.4 Å². The number of hydrogen-bond donors (Lipinski definition) is 1. The van der Waals surface area contributed by atoms with E-state index >= 15 is 0 Å². The van der Waals surface area contributed by atoms with Gasteiger partial charge in [0.15, 0.2) is 5.76 Å². The zero-order valence-corrected chi connectivity index (χ0v) is 15.0. The molecule has 2 amide bonds. The lowest BCUT2D eigenvalue weighted by Crippen LogP contribution is -2.51. The minimum atomic E-state index is -0.319. The van der Waals surface area contributed by atoms with Crippen LogP contribution in [0.3, 0.4) is 0 Å². The van der Waals surface area contributed by atoms with Crippen LogP contribution < -0.4 is 0 Å². The third-order valence-electron chi connectivity index (χ3n) is 5.06. The molecule has 1 aliphatic rings. The van der Waals surface area contributed by atoms with Crippen molar-refractivity contribution in [2.45, 2.75) is 13.3 Å². The lowest BCUT2D eigenvalue weighted by molar-refractivity contribution is -0.131. The summed E-state index contributed by atoms with van der Waals surface area (Å²) in [7, 11) is 0. The highest BCUT2D eigenvalue weighted by atomic mass is 19.1. The van der Waals surface area contributed by atoms with Crippen LogP contribution in [0.25, 0.3) is 10.9 Å². The van der Waals surface area contributed by atoms with Gasteiger partial charge in [0.1, 0.15) is 5.82 Å². The molecule has 1 fully saturated rings. The van der Waals surface area contributed by atoms with Crippen molar-refractivity contribution in [1.29, 1.82) is 0 Å². The molecule has 1 aliphatic heterocycles. The van der Waals surface area contributed by atoms with Gasteiger partial charge in [-0.3, -0.25) is 9.59 Å². The van der Waals surface area contributed by atoms with E-state index in [9.17, 15) is 14.0 Å². The molecule has 0 saturated carbocycles. The maximum absolute atomic E-state index is 13.6. The minimum Gasteiger partial charge on any atom is -0.459 e. The first-order valence-corrected chi connectivity index (χ1v) is 8.90. The standard InChI is InChI=1S/C20H20FN3O3/c1-13-15(16-11-14(21)4-5-17(16)22-13)12-19(25)23-6-8-24(9-7-23)20(26)18-3-2-10-27-18/h2-5,10-11,22H,6-9,12H2,1H3. The van der Waals surface area contributed by atoms with Crippen molar-refractivity contribution in [3.8, 4) is 0 Å². The van der Waals surface area contributed by atoms with E-state index in [0.717, 1.165) is 22.2 Å². The monoisotopic (exact) mass is 369 g/mol. The van der Waals surface area contributed by atoms with Crippen molar-refractivity contribution in [3.63, 3.8) is 0 Å². The molecule has 1 aromatic carbocycles. The number of aryl methyl sites for hydroxylation is 1. The van der Waals surface area contributed by atoms with Crippen LogP contribution in [0.1, 0.15) is 21.8 Å². The summed E-state index contributed by atoms with van der Waals surface area (Å²) in [4.78, 5) is 31.7. The summed E-state index contributed by atoms with van der Waals surface area (Å²) in [5.41, 5.74) is 2.52. The molecule has 0 radical (unpaired) electrons. The van der Waals surface area contributed by atoms with Crippen molar-refractivity contribution in [2.24, 2.45) is 0 Å². The molecule has 0 atom stereocenters. The number of halogens is 1. The maximum atomic E-state index is 13.6. The highest BCUT2D eigenvalue weighted by Gasteiger charge is 2.26. The Morgan fingerprint density at radius 3 is 2.59 bits per heavy atom. The number of hydrogen-bond acceptors (Lipinski definition) is 3. The summed E-state index contributed by atoms with van der Waals surface area (Å²) in [6.45, 7) is 3.77. The average Bonchev–Trinajstić information content (AvgIpc) is 3.30. The van der Waals surface area contributed by atoms with Gasteiger partial charge in [-0.2, -0.15) is 0 Å². The molecular weight excluding hydrogens is 349 g/mol. The fourth-order valence-electron chi connectivity index (χ4n) is 3.56. The molecule has 0 spiro atoms. The summed E-state index contributed by atoms with van der Waals surface area (Å²) in [5, 5.41) is 0.743. The molecule has 27 heavy (non-hydrogen) atoms. The molecule has 2 aromatic heterocycles. The number of nitrogens with zero attached hydrogens (tertiary/aromatic N) is 2. The predicted octanol–water partition coefficient (Wildman–Crippen LogP) is 2.74. The SMILES string of the molecule is Cc1[nH]c2ccc(F)cc2c1CC(=O)N1CCN(C(=O)c2ccco2)CC1. The number of nitrogens with one attached hydrogen (secondary N) is 1. The van der Waals surface area contributed by atoms with Gasteiger partial charge in [-0.1, -0.05) is 0 Å². The first-order valence-electron chi connectivity index (χ1n) is 8.90. The van der Waals surface area contributed by atoms with Gasteiger partial charge in [0.2, 0.25) is 5.91 Å². The smallest absolute Gasteiger partial charge is 0.289 e. The molecule has 3 heterocycles. The fraction of sp³-hybridized carbons (Fsp3) is 0.300. The Kier molecular flexibility index (Phi) is 4.43. The van der Waals surface area contributed by atoms with Gasteiger partial charge in [0.05, 0.1) is 12.7 Å². The van der Waals surface area contributed by atoms with Crippen LogP contribution in [-0.4, -0.2) is 52.8 Å². The van der Waals surface area contributed by atoms with E-state index in [1.807, 2.05) is 6.92 Å². The summed E-state index contributed by atoms with van der Waals surface area (Å²) in [6, 6.07) is 7.86. The van der Waals surface area contributed by atoms with E-state index in [-0.39, 0.29) is 24.1 Å². The predicted molar refractivity (Wildman–Crippen MR) is 97.9 cm³/mol. The van der Waals surface area contributed by atoms with Crippen molar-refractivity contribution in [3.05, 3.63) is 59.4 Å². The zero-order valence-electron chi connectivity index (χ0n) is 15.0. The summed E-state index contributed by atoms with van der Waals surface area (Å²) in [6.07, 6.45) is 1.68. The van der Waals surface area contributed by atoms with Crippen LogP contribution in [0.2, 0.25) is 0 Å². The van der Waals surface area contributed by atoms with Crippen LogP contribution in [-0.2, 0) is 11.2 Å². The molecule has 1 saturated heterocycles. The Morgan fingerprint density at radius 2 is 1.89 bits per heavy atom. The third kappa shape index (κ3) is 3.32. The highest BCUT2D eigenvalue weighted by Crippen LogP contribution is 2.24. The normalized spacial score (nSPS) is 14.7. The Labute approximate surface area is 155 Å². The molecule has 1 N–H and O–H groups in total. The van der Waals surface area contributed by atoms with E-state index in [2.05, 4.69) is 4.98 Å². The molecule has 0 unspecified atom stereocenters. The average molecular weight is 369 g/mol. The van der Waals surface area contributed by atoms with E-state index < -0.39 is 0 Å². The molecular formula is C20H20FN3O3. The highest BCUT2D eigenvalue weighted by molar-refractivity contribution is 5.92. The molecule has 6 nitrogen and oxygen atoms in total. The Balaban J connectivity index is 1.42. The lowest BCUT2D eigenvalue weighted by atomic mass is 10.1. The maximum Gasteiger partial charge on any atom is 0.289 e. The molecule has 140 valence electrons. The van der Waals surface area contributed by atoms with Crippen LogP contribution in [0.15, 0.2) is 41.0 Å². The number of amides is 2. The minimum absolute atomic E-state index is 0.0200. The van der Waals surface area contributed by atoms with Gasteiger partial charge >= 0.3 is 0 Å². The van der Waals surface area contributed by atoms with E-state index in [4.69, 9.17) is 4.42 Å². The molecule has 3 aromatic rings. The topological polar surface area (TPSA) is 69.6 Å². The Hall–Kier alpha value is -3.09. The number of fused-ring (bicyclic) bond motifs is 1. The van der Waals surface area contributed by atoms with Crippen LogP contribution >= 0.6 is 0 Å². The number of rotatable bonds is 3. The number of piperazine rings is 1. The second kappa shape index (κ2) is 6.90. The summed E-state index contributed by atoms with van der Waals surface area (Å²) >= 11 is 0. The number of aromatic nitrogens is 1. The van der Waals surface area contributed by atoms with E-state index in [0.29, 0.717) is 31.9 Å². The number of H-pyrrole nitrogens is 1. The van der Waals surface area contributed by atoms with Gasteiger partial charge in [0, 0.05) is 42.8 Å². The number of benzene rings is 1. The number of furan rings is 1. The molecule has 0 aliphatic carbocycles. The van der Waals surface area contributed by atoms with Gasteiger partial charge in [0.25, 0.3) is 5.91 Å². The summed E-state index contributed by atoms with van der Waals surface area (Å²) < 4.78 is 18.7. The molecule has 0 bridgehead atoms. The van der Waals surface area contributed by atoms with Crippen molar-refractivity contribution < 1.29 is 18.4 Å². The molecule has 7 heteroatoms. The summed E-state index contributed by atoms with van der Waals surface area (Å²) in [5.74, 6) is -0.185. The van der Waals surface area contributed by atoms with Crippen LogP contribution in [0, 0.1) is 12.7 Å². The van der Waals surface area contributed by atoms with Crippen molar-refractivity contribution >= 4 is 22.7 Å². The zero-order chi connectivity index (χ0) is 19.0. The van der Waals surface area contributed by atoms with E-state index in [1.54, 1.807) is 28.0 Å². The number of aromatic amines is 1. The number of carbonyl (C=O) groups excluding carboxylic acids is 2. The van der Waals surface area contributed by atoms with Gasteiger partial charge < -0.3 is 19.2 Å². The second-order valence-electron chi connectivity index (χ2n) is 6.75. The first-order chi connectivity index (χ1) is 13.0. The van der Waals surface area contributed by atoms with Gasteiger partial charge in [-0.05, 0) is 42.8 Å². The second-order valence-corrected chi connectivity index (χ2v) is 6.75. The van der Waals surface area contributed by atoms with Crippen LogP contribution in [0.5, 0.6) is 0 Å². The fourth-order valence-corrected chi connectivity index (χ4v) is 3.56. The largest absolute Gasteiger partial charge is 0.459 e. The van der Waals surface area contributed by atoms with Gasteiger partial charge in [-0.25, -0.2) is 4.39 Å². The third-order valence-corrected chi connectivity index (χ3v) is 5.06. The van der Waals surface area contributed by atoms with Crippen LogP contribution in [0.4, 0.5) is 4.39 Å². The van der Waals surface area contributed by atoms with Crippen molar-refractivity contribution in [1.82, 2.24) is 14.8 Å². The number of carbonyl (C=O) groups is 2. The van der Waals surface area contributed by atoms with Crippen molar-refractivity contribution in [2.75, 3.05) is 26.2 Å². The van der Waals surface area contributed by atoms with Gasteiger partial charge in [-0.15, -0.1) is 0 Å². The quantitative estimate of drug-likeness (QED) is 0.772. The Morgan fingerprint density at radius 1 is 1.15 bits per heavy atom. The molecule has 4 rings (SSSR count). The Bertz CT molecular complexity index is 985. The lowest BCUT2D eigenvalue weighted by Gasteiger charge is -2.34.